The largest absolute Gasteiger partial charge is 0.357 e. The maximum Gasteiger partial charge on any atom is 0.253 e. The Morgan fingerprint density at radius 1 is 1.13 bits per heavy atom. The van der Waals surface area contributed by atoms with Crippen LogP contribution in [0.1, 0.15) is 41.3 Å². The van der Waals surface area contributed by atoms with Gasteiger partial charge in [0.2, 0.25) is 0 Å². The summed E-state index contributed by atoms with van der Waals surface area (Å²) in [6.45, 7) is 4.39. The normalized spacial score (nSPS) is 14.9. The monoisotopic (exact) mass is 426 g/mol. The molecule has 30 heavy (non-hydrogen) atoms. The first kappa shape index (κ1) is 22.2. The van der Waals surface area contributed by atoms with Crippen LogP contribution in [0.15, 0.2) is 53.5 Å². The van der Waals surface area contributed by atoms with Gasteiger partial charge in [-0.25, -0.2) is 0 Å². The van der Waals surface area contributed by atoms with Gasteiger partial charge in [0.05, 0.1) is 6.54 Å². The van der Waals surface area contributed by atoms with Crippen molar-refractivity contribution >= 4 is 23.5 Å². The molecule has 0 aromatic heterocycles. The number of guanidine groups is 1. The molecular formula is C24H31ClN4O. The number of nitrogens with zero attached hydrogens (tertiary/aromatic N) is 2. The van der Waals surface area contributed by atoms with Crippen LogP contribution in [0.5, 0.6) is 0 Å². The lowest BCUT2D eigenvalue weighted by Gasteiger charge is -2.16. The average Bonchev–Trinajstić information content (AvgIpc) is 3.53. The van der Waals surface area contributed by atoms with Crippen molar-refractivity contribution in [1.29, 1.82) is 0 Å². The fourth-order valence-corrected chi connectivity index (χ4v) is 3.63. The Balaban J connectivity index is 1.58. The summed E-state index contributed by atoms with van der Waals surface area (Å²) in [4.78, 5) is 18.6. The summed E-state index contributed by atoms with van der Waals surface area (Å²) < 4.78 is 0. The highest BCUT2D eigenvalue weighted by Crippen LogP contribution is 2.48. The van der Waals surface area contributed by atoms with Gasteiger partial charge in [0, 0.05) is 43.2 Å². The maximum absolute atomic E-state index is 12.2. The Hall–Kier alpha value is -2.53. The Labute approximate surface area is 184 Å². The number of carbonyl (C=O) groups is 1. The lowest BCUT2D eigenvalue weighted by atomic mass is 9.96. The molecule has 0 atom stereocenters. The molecule has 3 rings (SSSR count). The summed E-state index contributed by atoms with van der Waals surface area (Å²) in [5, 5.41) is 7.52. The molecule has 1 amide bonds. The lowest BCUT2D eigenvalue weighted by Crippen LogP contribution is -2.39. The Morgan fingerprint density at radius 2 is 1.87 bits per heavy atom. The van der Waals surface area contributed by atoms with Crippen molar-refractivity contribution < 1.29 is 4.79 Å². The number of benzene rings is 2. The first-order chi connectivity index (χ1) is 14.4. The zero-order valence-electron chi connectivity index (χ0n) is 18.0. The van der Waals surface area contributed by atoms with Gasteiger partial charge in [0.25, 0.3) is 5.91 Å². The second-order valence-electron chi connectivity index (χ2n) is 8.06. The maximum atomic E-state index is 12.2. The van der Waals surface area contributed by atoms with Gasteiger partial charge in [0.1, 0.15) is 0 Å². The molecule has 1 fully saturated rings. The van der Waals surface area contributed by atoms with Crippen LogP contribution >= 0.6 is 11.6 Å². The molecule has 1 aliphatic carbocycles. The Kier molecular flexibility index (Phi) is 7.38. The van der Waals surface area contributed by atoms with Crippen LogP contribution in [-0.2, 0) is 11.8 Å². The highest BCUT2D eigenvalue weighted by molar-refractivity contribution is 6.30. The first-order valence-corrected chi connectivity index (χ1v) is 10.9. The van der Waals surface area contributed by atoms with Crippen molar-refractivity contribution in [3.05, 3.63) is 70.2 Å². The first-order valence-electron chi connectivity index (χ1n) is 10.5. The molecule has 2 N–H and O–H groups in total. The highest BCUT2D eigenvalue weighted by atomic mass is 35.5. The molecule has 0 heterocycles. The molecule has 0 unspecified atom stereocenters. The number of rotatable bonds is 8. The fraction of sp³-hybridized carbons (Fsp3) is 0.417. The minimum absolute atomic E-state index is 0.0247. The molecule has 0 aliphatic heterocycles. The van der Waals surface area contributed by atoms with Gasteiger partial charge < -0.3 is 15.5 Å². The summed E-state index contributed by atoms with van der Waals surface area (Å²) in [6, 6.07) is 16.0. The van der Waals surface area contributed by atoms with Crippen molar-refractivity contribution in [1.82, 2.24) is 15.5 Å². The van der Waals surface area contributed by atoms with Crippen LogP contribution in [0, 0.1) is 0 Å². The van der Waals surface area contributed by atoms with E-state index in [-0.39, 0.29) is 11.3 Å². The summed E-state index contributed by atoms with van der Waals surface area (Å²) in [5.74, 6) is 0.856. The van der Waals surface area contributed by atoms with Crippen molar-refractivity contribution in [2.45, 2.75) is 31.6 Å². The summed E-state index contributed by atoms with van der Waals surface area (Å²) >= 11 is 6.03. The van der Waals surface area contributed by atoms with E-state index in [9.17, 15) is 4.79 Å². The third kappa shape index (κ3) is 5.76. The van der Waals surface area contributed by atoms with Crippen LogP contribution in [-0.4, -0.2) is 50.5 Å². The number of carbonyl (C=O) groups excluding carboxylic acids is 1. The van der Waals surface area contributed by atoms with E-state index in [1.807, 2.05) is 30.3 Å². The topological polar surface area (TPSA) is 56.7 Å². The Bertz CT molecular complexity index is 888. The molecule has 0 radical (unpaired) electrons. The van der Waals surface area contributed by atoms with E-state index >= 15 is 0 Å². The average molecular weight is 427 g/mol. The number of hydrogen-bond acceptors (Lipinski definition) is 2. The van der Waals surface area contributed by atoms with Crippen LogP contribution in [0.2, 0.25) is 5.02 Å². The molecule has 2 aromatic rings. The standard InChI is InChI=1S/C24H31ClN4O/c1-4-26-23(28-17-24(13-14-24)20-8-10-21(25)11-9-20)27-15-12-18-6-5-7-19(16-18)22(30)29(2)3/h5-11,16H,4,12-15,17H2,1-3H3,(H2,26,27,28). The second kappa shape index (κ2) is 9.98. The molecule has 1 aliphatic rings. The van der Waals surface area contributed by atoms with Gasteiger partial charge in [-0.15, -0.1) is 0 Å². The number of nitrogens with one attached hydrogen (secondary N) is 2. The van der Waals surface area contributed by atoms with Crippen molar-refractivity contribution in [3.8, 4) is 0 Å². The molecule has 0 bridgehead atoms. The number of aliphatic imine (C=N–C) groups is 1. The summed E-state index contributed by atoms with van der Waals surface area (Å²) in [6.07, 6.45) is 3.13. The number of hydrogen-bond donors (Lipinski definition) is 2. The van der Waals surface area contributed by atoms with E-state index in [4.69, 9.17) is 16.6 Å². The van der Waals surface area contributed by atoms with Crippen LogP contribution < -0.4 is 10.6 Å². The SMILES string of the molecule is CCNC(=NCC1(c2ccc(Cl)cc2)CC1)NCCc1cccc(C(=O)N(C)C)c1. The van der Waals surface area contributed by atoms with Gasteiger partial charge in [0.15, 0.2) is 5.96 Å². The molecule has 2 aromatic carbocycles. The third-order valence-electron chi connectivity index (χ3n) is 5.48. The molecule has 5 nitrogen and oxygen atoms in total. The molecule has 6 heteroatoms. The minimum Gasteiger partial charge on any atom is -0.357 e. The van der Waals surface area contributed by atoms with Gasteiger partial charge in [-0.2, -0.15) is 0 Å². The van der Waals surface area contributed by atoms with Crippen LogP contribution in [0.3, 0.4) is 0 Å². The molecule has 1 saturated carbocycles. The second-order valence-corrected chi connectivity index (χ2v) is 8.50. The van der Waals surface area contributed by atoms with Crippen LogP contribution in [0.4, 0.5) is 0 Å². The minimum atomic E-state index is 0.0247. The number of halogens is 1. The number of amides is 1. The van der Waals surface area contributed by atoms with E-state index in [0.717, 1.165) is 61.0 Å². The van der Waals surface area contributed by atoms with E-state index in [1.54, 1.807) is 19.0 Å². The zero-order chi connectivity index (χ0) is 21.6. The summed E-state index contributed by atoms with van der Waals surface area (Å²) in [5.41, 5.74) is 3.31. The zero-order valence-corrected chi connectivity index (χ0v) is 18.8. The highest BCUT2D eigenvalue weighted by Gasteiger charge is 2.44. The summed E-state index contributed by atoms with van der Waals surface area (Å²) in [7, 11) is 3.54. The molecule has 0 spiro atoms. The van der Waals surface area contributed by atoms with Gasteiger partial charge in [-0.05, 0) is 61.6 Å². The molecular weight excluding hydrogens is 396 g/mol. The van der Waals surface area contributed by atoms with E-state index in [1.165, 1.54) is 5.56 Å². The van der Waals surface area contributed by atoms with Gasteiger partial charge in [-0.1, -0.05) is 35.9 Å². The van der Waals surface area contributed by atoms with Gasteiger partial charge in [-0.3, -0.25) is 9.79 Å². The predicted octanol–water partition coefficient (Wildman–Crippen LogP) is 3.87. The quantitative estimate of drug-likeness (QED) is 0.497. The molecule has 160 valence electrons. The lowest BCUT2D eigenvalue weighted by molar-refractivity contribution is 0.0827. The molecule has 0 saturated heterocycles. The van der Waals surface area contributed by atoms with E-state index < -0.39 is 0 Å². The predicted molar refractivity (Wildman–Crippen MR) is 125 cm³/mol. The van der Waals surface area contributed by atoms with Crippen molar-refractivity contribution in [2.24, 2.45) is 4.99 Å². The Morgan fingerprint density at radius 3 is 2.50 bits per heavy atom. The van der Waals surface area contributed by atoms with Crippen molar-refractivity contribution in [2.75, 3.05) is 33.7 Å². The van der Waals surface area contributed by atoms with E-state index in [0.29, 0.717) is 0 Å². The smallest absolute Gasteiger partial charge is 0.253 e. The van der Waals surface area contributed by atoms with Crippen LogP contribution in [0.25, 0.3) is 0 Å². The van der Waals surface area contributed by atoms with Crippen molar-refractivity contribution in [3.63, 3.8) is 0 Å². The van der Waals surface area contributed by atoms with Gasteiger partial charge >= 0.3 is 0 Å². The fourth-order valence-electron chi connectivity index (χ4n) is 3.51. The third-order valence-corrected chi connectivity index (χ3v) is 5.73. The van der Waals surface area contributed by atoms with E-state index in [2.05, 4.69) is 35.8 Å².